The highest BCUT2D eigenvalue weighted by Crippen LogP contribution is 2.12. The molecule has 0 atom stereocenters. The zero-order chi connectivity index (χ0) is 19.6. The molecule has 1 aromatic rings. The van der Waals surface area contributed by atoms with Crippen LogP contribution in [0, 0.1) is 11.6 Å². The summed E-state index contributed by atoms with van der Waals surface area (Å²) in [6, 6.07) is 3.72. The smallest absolute Gasteiger partial charge is 0.409 e. The van der Waals surface area contributed by atoms with Crippen molar-refractivity contribution in [3.63, 3.8) is 0 Å². The first-order valence-corrected chi connectivity index (χ1v) is 9.43. The molecule has 8 heteroatoms. The summed E-state index contributed by atoms with van der Waals surface area (Å²) >= 11 is 0. The summed E-state index contributed by atoms with van der Waals surface area (Å²) in [6.45, 7) is 6.55. The van der Waals surface area contributed by atoms with Crippen molar-refractivity contribution in [2.45, 2.75) is 39.2 Å². The number of carbonyl (C=O) groups is 1. The van der Waals surface area contributed by atoms with Gasteiger partial charge in [-0.1, -0.05) is 0 Å². The molecule has 0 aromatic heterocycles. The van der Waals surface area contributed by atoms with Gasteiger partial charge in [-0.15, -0.1) is 0 Å². The van der Waals surface area contributed by atoms with Crippen LogP contribution in [0.15, 0.2) is 23.2 Å². The summed E-state index contributed by atoms with van der Waals surface area (Å²) in [4.78, 5) is 17.9. The Kier molecular flexibility index (Phi) is 8.29. The first-order chi connectivity index (χ1) is 13.0. The Morgan fingerprint density at radius 2 is 1.89 bits per heavy atom. The number of rotatable bonds is 6. The number of nitrogens with zero attached hydrogens (tertiary/aromatic N) is 2. The lowest BCUT2D eigenvalue weighted by atomic mass is 10.1. The molecule has 6 nitrogen and oxygen atoms in total. The molecule has 0 unspecified atom stereocenters. The van der Waals surface area contributed by atoms with Crippen LogP contribution in [0.4, 0.5) is 13.6 Å². The van der Waals surface area contributed by atoms with Gasteiger partial charge in [0.2, 0.25) is 0 Å². The van der Waals surface area contributed by atoms with Crippen LogP contribution in [0.25, 0.3) is 0 Å². The van der Waals surface area contributed by atoms with Crippen molar-refractivity contribution >= 4 is 12.1 Å². The van der Waals surface area contributed by atoms with Crippen LogP contribution in [0.5, 0.6) is 0 Å². The molecular weight excluding hydrogens is 354 g/mol. The standard InChI is InChI=1S/C19H28F2N4O2/c1-3-22-18(23-8-5-14-11-15(20)13-16(21)12-14)24-17-6-9-25(10-7-17)19(26)27-4-2/h11-13,17H,3-10H2,1-2H3,(H2,22,23,24). The van der Waals surface area contributed by atoms with Crippen molar-refractivity contribution in [2.75, 3.05) is 32.8 Å². The first-order valence-electron chi connectivity index (χ1n) is 9.43. The monoisotopic (exact) mass is 382 g/mol. The number of hydrogen-bond donors (Lipinski definition) is 2. The van der Waals surface area contributed by atoms with Crippen LogP contribution >= 0.6 is 0 Å². The number of amides is 1. The minimum Gasteiger partial charge on any atom is -0.450 e. The fraction of sp³-hybridized carbons (Fsp3) is 0.579. The SMILES string of the molecule is CCNC(=NCCc1cc(F)cc(F)c1)NC1CCN(C(=O)OCC)CC1. The van der Waals surface area contributed by atoms with Crippen LogP contribution in [-0.4, -0.2) is 55.8 Å². The van der Waals surface area contributed by atoms with E-state index in [1.165, 1.54) is 12.1 Å². The highest BCUT2D eigenvalue weighted by molar-refractivity contribution is 5.80. The van der Waals surface area contributed by atoms with Gasteiger partial charge in [0.15, 0.2) is 5.96 Å². The van der Waals surface area contributed by atoms with Gasteiger partial charge in [0.05, 0.1) is 6.61 Å². The quantitative estimate of drug-likeness (QED) is 0.586. The Morgan fingerprint density at radius 3 is 2.48 bits per heavy atom. The summed E-state index contributed by atoms with van der Waals surface area (Å²) in [7, 11) is 0. The van der Waals surface area contributed by atoms with Crippen LogP contribution < -0.4 is 10.6 Å². The first kappa shape index (κ1) is 20.9. The van der Waals surface area contributed by atoms with Crippen LogP contribution in [0.1, 0.15) is 32.3 Å². The zero-order valence-corrected chi connectivity index (χ0v) is 15.9. The summed E-state index contributed by atoms with van der Waals surface area (Å²) in [5.74, 6) is -0.483. The summed E-state index contributed by atoms with van der Waals surface area (Å²) in [6.07, 6.45) is 1.79. The number of nitrogens with one attached hydrogen (secondary N) is 2. The molecule has 1 amide bonds. The maximum Gasteiger partial charge on any atom is 0.409 e. The topological polar surface area (TPSA) is 66.0 Å². The van der Waals surface area contributed by atoms with Gasteiger partial charge in [-0.05, 0) is 50.8 Å². The number of guanidine groups is 1. The third kappa shape index (κ3) is 7.03. The van der Waals surface area contributed by atoms with Gasteiger partial charge < -0.3 is 20.3 Å². The number of ether oxygens (including phenoxy) is 1. The number of carbonyl (C=O) groups excluding carboxylic acids is 1. The predicted octanol–water partition coefficient (Wildman–Crippen LogP) is 2.68. The third-order valence-corrected chi connectivity index (χ3v) is 4.30. The molecule has 1 heterocycles. The molecule has 0 spiro atoms. The minimum atomic E-state index is -0.577. The second-order valence-electron chi connectivity index (χ2n) is 6.39. The van der Waals surface area contributed by atoms with Gasteiger partial charge in [0.1, 0.15) is 11.6 Å². The van der Waals surface area contributed by atoms with Crippen molar-refractivity contribution in [1.29, 1.82) is 0 Å². The summed E-state index contributed by atoms with van der Waals surface area (Å²) in [5, 5.41) is 6.55. The maximum absolute atomic E-state index is 13.2. The van der Waals surface area contributed by atoms with E-state index < -0.39 is 11.6 Å². The Balaban J connectivity index is 1.84. The van der Waals surface area contributed by atoms with Gasteiger partial charge >= 0.3 is 6.09 Å². The molecule has 0 bridgehead atoms. The summed E-state index contributed by atoms with van der Waals surface area (Å²) in [5.41, 5.74) is 0.579. The van der Waals surface area contributed by atoms with Gasteiger partial charge in [0.25, 0.3) is 0 Å². The molecule has 0 aliphatic carbocycles. The van der Waals surface area contributed by atoms with Crippen LogP contribution in [0.3, 0.4) is 0 Å². The Bertz CT molecular complexity index is 626. The highest BCUT2D eigenvalue weighted by Gasteiger charge is 2.23. The van der Waals surface area contributed by atoms with Gasteiger partial charge in [-0.25, -0.2) is 13.6 Å². The number of benzene rings is 1. The van der Waals surface area contributed by atoms with E-state index >= 15 is 0 Å². The van der Waals surface area contributed by atoms with E-state index in [0.717, 1.165) is 18.9 Å². The fourth-order valence-electron chi connectivity index (χ4n) is 2.99. The molecule has 0 radical (unpaired) electrons. The van der Waals surface area contributed by atoms with E-state index in [2.05, 4.69) is 15.6 Å². The van der Waals surface area contributed by atoms with Crippen molar-refractivity contribution in [2.24, 2.45) is 4.99 Å². The number of likely N-dealkylation sites (tertiary alicyclic amines) is 1. The number of piperidine rings is 1. The molecule has 1 aromatic carbocycles. The molecule has 2 N–H and O–H groups in total. The number of halogens is 2. The van der Waals surface area contributed by atoms with Gasteiger partial charge in [-0.3, -0.25) is 4.99 Å². The molecule has 0 saturated carbocycles. The van der Waals surface area contributed by atoms with Gasteiger partial charge in [0, 0.05) is 38.3 Å². The molecule has 27 heavy (non-hydrogen) atoms. The normalized spacial score (nSPS) is 15.6. The van der Waals surface area contributed by atoms with Crippen LogP contribution in [-0.2, 0) is 11.2 Å². The van der Waals surface area contributed by atoms with Crippen molar-refractivity contribution in [1.82, 2.24) is 15.5 Å². The van der Waals surface area contributed by atoms with Crippen molar-refractivity contribution < 1.29 is 18.3 Å². The second kappa shape index (κ2) is 10.7. The average molecular weight is 382 g/mol. The van der Waals surface area contributed by atoms with E-state index in [-0.39, 0.29) is 12.1 Å². The van der Waals surface area contributed by atoms with E-state index in [0.29, 0.717) is 50.7 Å². The Labute approximate surface area is 159 Å². The lowest BCUT2D eigenvalue weighted by Crippen LogP contribution is -2.50. The largest absolute Gasteiger partial charge is 0.450 e. The minimum absolute atomic E-state index is 0.208. The van der Waals surface area contributed by atoms with E-state index in [1.807, 2.05) is 6.92 Å². The van der Waals surface area contributed by atoms with Gasteiger partial charge in [-0.2, -0.15) is 0 Å². The molecule has 1 aliphatic rings. The van der Waals surface area contributed by atoms with E-state index in [4.69, 9.17) is 4.74 Å². The van der Waals surface area contributed by atoms with Crippen LogP contribution in [0.2, 0.25) is 0 Å². The second-order valence-corrected chi connectivity index (χ2v) is 6.39. The number of hydrogen-bond acceptors (Lipinski definition) is 3. The van der Waals surface area contributed by atoms with Crippen molar-refractivity contribution in [3.05, 3.63) is 35.4 Å². The fourth-order valence-corrected chi connectivity index (χ4v) is 2.99. The maximum atomic E-state index is 13.2. The molecule has 1 aliphatic heterocycles. The van der Waals surface area contributed by atoms with E-state index in [1.54, 1.807) is 11.8 Å². The Morgan fingerprint density at radius 1 is 1.22 bits per heavy atom. The molecule has 1 saturated heterocycles. The molecule has 2 rings (SSSR count). The molecular formula is C19H28F2N4O2. The zero-order valence-electron chi connectivity index (χ0n) is 15.9. The van der Waals surface area contributed by atoms with Crippen molar-refractivity contribution in [3.8, 4) is 0 Å². The number of aliphatic imine (C=N–C) groups is 1. The third-order valence-electron chi connectivity index (χ3n) is 4.30. The summed E-state index contributed by atoms with van der Waals surface area (Å²) < 4.78 is 31.5. The Hall–Kier alpha value is -2.38. The lowest BCUT2D eigenvalue weighted by Gasteiger charge is -2.32. The molecule has 1 fully saturated rings. The molecule has 150 valence electrons. The highest BCUT2D eigenvalue weighted by atomic mass is 19.1. The predicted molar refractivity (Wildman–Crippen MR) is 101 cm³/mol. The van der Waals surface area contributed by atoms with E-state index in [9.17, 15) is 13.6 Å². The average Bonchev–Trinajstić information content (AvgIpc) is 2.62. The lowest BCUT2D eigenvalue weighted by molar-refractivity contribution is 0.0963.